The first-order chi connectivity index (χ1) is 6.74. The molecule has 0 spiro atoms. The van der Waals surface area contributed by atoms with Gasteiger partial charge in [-0.25, -0.2) is 0 Å². The molecule has 0 saturated carbocycles. The number of nitrogens with one attached hydrogen (secondary N) is 1. The molecule has 0 aliphatic rings. The van der Waals surface area contributed by atoms with Crippen LogP contribution in [0.2, 0.25) is 0 Å². The third kappa shape index (κ3) is 3.45. The fourth-order valence-electron chi connectivity index (χ4n) is 0.957. The van der Waals surface area contributed by atoms with Crippen LogP contribution in [0.1, 0.15) is 9.67 Å². The Morgan fingerprint density at radius 2 is 2.57 bits per heavy atom. The highest BCUT2D eigenvalue weighted by Crippen LogP contribution is 2.07. The van der Waals surface area contributed by atoms with Crippen molar-refractivity contribution in [1.82, 2.24) is 5.32 Å². The molecule has 78 valence electrons. The predicted octanol–water partition coefficient (Wildman–Crippen LogP) is 0.485. The average molecular weight is 215 g/mol. The molecule has 1 aromatic rings. The standard InChI is InChI=1S/C9H13NO3S/c1-13-6-7(11)5-10-9(12)8-3-2-4-14-8/h2-4,7,11H,5-6H2,1H3,(H,10,12). The van der Waals surface area contributed by atoms with E-state index in [4.69, 9.17) is 4.74 Å². The lowest BCUT2D eigenvalue weighted by Gasteiger charge is -2.09. The van der Waals surface area contributed by atoms with Gasteiger partial charge in [0.15, 0.2) is 0 Å². The van der Waals surface area contributed by atoms with Crippen molar-refractivity contribution in [3.8, 4) is 0 Å². The van der Waals surface area contributed by atoms with Crippen LogP contribution in [0.4, 0.5) is 0 Å². The van der Waals surface area contributed by atoms with Crippen LogP contribution in [0.25, 0.3) is 0 Å². The van der Waals surface area contributed by atoms with Crippen LogP contribution in [0.5, 0.6) is 0 Å². The molecule has 1 amide bonds. The Labute approximate surface area is 86.5 Å². The molecule has 0 aliphatic heterocycles. The van der Waals surface area contributed by atoms with E-state index >= 15 is 0 Å². The predicted molar refractivity (Wildman–Crippen MR) is 54.5 cm³/mol. The van der Waals surface area contributed by atoms with Gasteiger partial charge >= 0.3 is 0 Å². The molecule has 0 aromatic carbocycles. The van der Waals surface area contributed by atoms with Crippen LogP contribution < -0.4 is 5.32 Å². The number of aliphatic hydroxyl groups is 1. The number of thiophene rings is 1. The molecule has 5 heteroatoms. The third-order valence-corrected chi connectivity index (χ3v) is 2.47. The molecule has 2 N–H and O–H groups in total. The largest absolute Gasteiger partial charge is 0.389 e. The minimum absolute atomic E-state index is 0.157. The molecule has 0 saturated heterocycles. The van der Waals surface area contributed by atoms with Gasteiger partial charge in [-0.3, -0.25) is 4.79 Å². The summed E-state index contributed by atoms with van der Waals surface area (Å²) in [4.78, 5) is 12.0. The fourth-order valence-corrected chi connectivity index (χ4v) is 1.60. The Balaban J connectivity index is 2.28. The van der Waals surface area contributed by atoms with E-state index in [1.807, 2.05) is 11.4 Å². The van der Waals surface area contributed by atoms with Gasteiger partial charge in [0.25, 0.3) is 5.91 Å². The molecule has 0 radical (unpaired) electrons. The minimum atomic E-state index is -0.649. The molecule has 1 unspecified atom stereocenters. The SMILES string of the molecule is COCC(O)CNC(=O)c1cccs1. The van der Waals surface area contributed by atoms with Crippen molar-refractivity contribution in [3.05, 3.63) is 22.4 Å². The van der Waals surface area contributed by atoms with Crippen LogP contribution in [0, 0.1) is 0 Å². The number of hydrogen-bond acceptors (Lipinski definition) is 4. The summed E-state index contributed by atoms with van der Waals surface area (Å²) < 4.78 is 4.73. The second kappa shape index (κ2) is 5.74. The lowest BCUT2D eigenvalue weighted by Crippen LogP contribution is -2.33. The maximum Gasteiger partial charge on any atom is 0.261 e. The normalized spacial score (nSPS) is 12.4. The summed E-state index contributed by atoms with van der Waals surface area (Å²) in [6.45, 7) is 0.440. The zero-order chi connectivity index (χ0) is 10.4. The average Bonchev–Trinajstić information content (AvgIpc) is 2.67. The van der Waals surface area contributed by atoms with Crippen LogP contribution in [0.3, 0.4) is 0 Å². The third-order valence-electron chi connectivity index (χ3n) is 1.60. The van der Waals surface area contributed by atoms with Crippen LogP contribution in [-0.2, 0) is 4.74 Å². The van der Waals surface area contributed by atoms with Crippen molar-refractivity contribution in [2.45, 2.75) is 6.10 Å². The zero-order valence-electron chi connectivity index (χ0n) is 7.90. The zero-order valence-corrected chi connectivity index (χ0v) is 8.71. The quantitative estimate of drug-likeness (QED) is 0.751. The molecule has 0 fully saturated rings. The molecule has 1 aromatic heterocycles. The maximum atomic E-state index is 11.4. The van der Waals surface area contributed by atoms with Crippen molar-refractivity contribution in [2.24, 2.45) is 0 Å². The maximum absolute atomic E-state index is 11.4. The number of carbonyl (C=O) groups is 1. The monoisotopic (exact) mass is 215 g/mol. The number of rotatable bonds is 5. The molecule has 14 heavy (non-hydrogen) atoms. The van der Waals surface area contributed by atoms with Crippen LogP contribution >= 0.6 is 11.3 Å². The second-order valence-electron chi connectivity index (χ2n) is 2.80. The first-order valence-corrected chi connectivity index (χ1v) is 5.10. The van der Waals surface area contributed by atoms with E-state index in [0.29, 0.717) is 4.88 Å². The van der Waals surface area contributed by atoms with Gasteiger partial charge in [0.1, 0.15) is 0 Å². The van der Waals surface area contributed by atoms with Crippen molar-refractivity contribution in [1.29, 1.82) is 0 Å². The minimum Gasteiger partial charge on any atom is -0.389 e. The molecule has 4 nitrogen and oxygen atoms in total. The summed E-state index contributed by atoms with van der Waals surface area (Å²) in [7, 11) is 1.50. The molecular weight excluding hydrogens is 202 g/mol. The van der Waals surface area contributed by atoms with Gasteiger partial charge in [-0.2, -0.15) is 0 Å². The van der Waals surface area contributed by atoms with E-state index in [1.165, 1.54) is 18.4 Å². The summed E-state index contributed by atoms with van der Waals surface area (Å²) in [6, 6.07) is 3.55. The van der Waals surface area contributed by atoms with E-state index in [1.54, 1.807) is 6.07 Å². The van der Waals surface area contributed by atoms with Crippen molar-refractivity contribution in [3.63, 3.8) is 0 Å². The summed E-state index contributed by atoms with van der Waals surface area (Å²) in [5, 5.41) is 13.7. The molecule has 1 rings (SSSR count). The number of amides is 1. The highest BCUT2D eigenvalue weighted by Gasteiger charge is 2.08. The van der Waals surface area contributed by atoms with E-state index < -0.39 is 6.10 Å². The number of aliphatic hydroxyl groups excluding tert-OH is 1. The van der Waals surface area contributed by atoms with Gasteiger partial charge in [0.2, 0.25) is 0 Å². The van der Waals surface area contributed by atoms with E-state index in [0.717, 1.165) is 0 Å². The topological polar surface area (TPSA) is 58.6 Å². The Kier molecular flexibility index (Phi) is 4.58. The molecule has 0 aliphatic carbocycles. The first kappa shape index (κ1) is 11.2. The number of hydrogen-bond donors (Lipinski definition) is 2. The highest BCUT2D eigenvalue weighted by atomic mass is 32.1. The number of methoxy groups -OCH3 is 1. The number of carbonyl (C=O) groups excluding carboxylic acids is 1. The molecule has 1 heterocycles. The number of ether oxygens (including phenoxy) is 1. The van der Waals surface area contributed by atoms with Gasteiger partial charge in [-0.15, -0.1) is 11.3 Å². The summed E-state index contributed by atoms with van der Waals surface area (Å²) in [6.07, 6.45) is -0.649. The first-order valence-electron chi connectivity index (χ1n) is 4.22. The Bertz CT molecular complexity index is 274. The van der Waals surface area contributed by atoms with Crippen LogP contribution in [-0.4, -0.2) is 37.4 Å². The van der Waals surface area contributed by atoms with Gasteiger partial charge < -0.3 is 15.2 Å². The van der Waals surface area contributed by atoms with Crippen molar-refractivity contribution in [2.75, 3.05) is 20.3 Å². The highest BCUT2D eigenvalue weighted by molar-refractivity contribution is 7.12. The Morgan fingerprint density at radius 1 is 1.79 bits per heavy atom. The lowest BCUT2D eigenvalue weighted by atomic mass is 10.3. The van der Waals surface area contributed by atoms with Crippen molar-refractivity contribution >= 4 is 17.2 Å². The summed E-state index contributed by atoms with van der Waals surface area (Å²) in [5.74, 6) is -0.157. The summed E-state index contributed by atoms with van der Waals surface area (Å²) >= 11 is 1.37. The van der Waals surface area contributed by atoms with Crippen molar-refractivity contribution < 1.29 is 14.6 Å². The second-order valence-corrected chi connectivity index (χ2v) is 3.74. The van der Waals surface area contributed by atoms with E-state index in [9.17, 15) is 9.90 Å². The van der Waals surface area contributed by atoms with Gasteiger partial charge in [0, 0.05) is 13.7 Å². The Morgan fingerprint density at radius 3 is 3.14 bits per heavy atom. The van der Waals surface area contributed by atoms with Gasteiger partial charge in [-0.05, 0) is 11.4 Å². The fraction of sp³-hybridized carbons (Fsp3) is 0.444. The lowest BCUT2D eigenvalue weighted by molar-refractivity contribution is 0.0611. The molecular formula is C9H13NO3S. The van der Waals surface area contributed by atoms with E-state index in [2.05, 4.69) is 5.32 Å². The molecule has 0 bridgehead atoms. The summed E-state index contributed by atoms with van der Waals surface area (Å²) in [5.41, 5.74) is 0. The van der Waals surface area contributed by atoms with E-state index in [-0.39, 0.29) is 19.1 Å². The van der Waals surface area contributed by atoms with Gasteiger partial charge in [0.05, 0.1) is 17.6 Å². The smallest absolute Gasteiger partial charge is 0.261 e. The van der Waals surface area contributed by atoms with Gasteiger partial charge in [-0.1, -0.05) is 6.07 Å². The van der Waals surface area contributed by atoms with Crippen LogP contribution in [0.15, 0.2) is 17.5 Å². The Hall–Kier alpha value is -0.910. The molecule has 1 atom stereocenters.